The predicted molar refractivity (Wildman–Crippen MR) is 66.5 cm³/mol. The highest BCUT2D eigenvalue weighted by atomic mass is 15.3. The number of nitrogens with zero attached hydrogens (tertiary/aromatic N) is 3. The molecule has 88 valence electrons. The van der Waals surface area contributed by atoms with Crippen molar-refractivity contribution >= 4 is 5.69 Å². The molecule has 4 nitrogen and oxygen atoms in total. The van der Waals surface area contributed by atoms with E-state index in [0.717, 1.165) is 24.4 Å². The molecule has 0 saturated heterocycles. The largest absolute Gasteiger partial charge is 0.399 e. The molecule has 1 aromatic carbocycles. The van der Waals surface area contributed by atoms with Crippen molar-refractivity contribution in [1.29, 1.82) is 0 Å². The smallest absolute Gasteiger partial charge is 0.143 e. The molecule has 0 bridgehead atoms. The summed E-state index contributed by atoms with van der Waals surface area (Å²) in [4.78, 5) is 0. The number of nitrogen functional groups attached to an aromatic ring is 1. The number of hydrogen-bond acceptors (Lipinski definition) is 3. The van der Waals surface area contributed by atoms with Crippen molar-refractivity contribution in [2.45, 2.75) is 24.7 Å². The monoisotopic (exact) mass is 228 g/mol. The number of rotatable bonds is 2. The van der Waals surface area contributed by atoms with Crippen LogP contribution >= 0.6 is 0 Å². The highest BCUT2D eigenvalue weighted by molar-refractivity contribution is 5.46. The lowest BCUT2D eigenvalue weighted by molar-refractivity contribution is 0.278. The maximum atomic E-state index is 5.88. The SMILES string of the molecule is Cn1cnnc1C1(c2cccc(N)c2)CCC1. The van der Waals surface area contributed by atoms with Crippen molar-refractivity contribution in [1.82, 2.24) is 14.8 Å². The Morgan fingerprint density at radius 2 is 2.18 bits per heavy atom. The minimum absolute atomic E-state index is 0.0284. The van der Waals surface area contributed by atoms with Crippen LogP contribution in [0.1, 0.15) is 30.7 Å². The van der Waals surface area contributed by atoms with Gasteiger partial charge in [0.05, 0.1) is 5.41 Å². The van der Waals surface area contributed by atoms with Gasteiger partial charge in [-0.05, 0) is 30.5 Å². The first-order chi connectivity index (χ1) is 8.22. The van der Waals surface area contributed by atoms with Gasteiger partial charge in [0, 0.05) is 12.7 Å². The number of nitrogens with two attached hydrogens (primary N) is 1. The summed E-state index contributed by atoms with van der Waals surface area (Å²) in [5.74, 6) is 1.05. The number of benzene rings is 1. The van der Waals surface area contributed by atoms with Gasteiger partial charge in [0.2, 0.25) is 0 Å². The maximum Gasteiger partial charge on any atom is 0.143 e. The van der Waals surface area contributed by atoms with E-state index < -0.39 is 0 Å². The zero-order chi connectivity index (χ0) is 11.9. The summed E-state index contributed by atoms with van der Waals surface area (Å²) in [6, 6.07) is 8.14. The molecular weight excluding hydrogens is 212 g/mol. The predicted octanol–water partition coefficient (Wildman–Crippen LogP) is 1.87. The van der Waals surface area contributed by atoms with Crippen molar-refractivity contribution < 1.29 is 0 Å². The van der Waals surface area contributed by atoms with Gasteiger partial charge in [-0.1, -0.05) is 18.6 Å². The van der Waals surface area contributed by atoms with Crippen molar-refractivity contribution in [2.75, 3.05) is 5.73 Å². The van der Waals surface area contributed by atoms with Crippen molar-refractivity contribution in [2.24, 2.45) is 7.05 Å². The molecule has 0 amide bonds. The zero-order valence-electron chi connectivity index (χ0n) is 9.93. The van der Waals surface area contributed by atoms with E-state index in [1.165, 1.54) is 12.0 Å². The number of aryl methyl sites for hydroxylation is 1. The van der Waals surface area contributed by atoms with E-state index in [0.29, 0.717) is 0 Å². The fraction of sp³-hybridized carbons (Fsp3) is 0.385. The van der Waals surface area contributed by atoms with E-state index in [4.69, 9.17) is 5.73 Å². The molecule has 3 rings (SSSR count). The topological polar surface area (TPSA) is 56.7 Å². The molecule has 1 aliphatic rings. The quantitative estimate of drug-likeness (QED) is 0.798. The third kappa shape index (κ3) is 1.44. The molecule has 2 N–H and O–H groups in total. The standard InChI is InChI=1S/C13H16N4/c1-17-9-15-16-12(17)13(6-3-7-13)10-4-2-5-11(14)8-10/h2,4-5,8-9H,3,6-7,14H2,1H3. The van der Waals surface area contributed by atoms with Gasteiger partial charge in [-0.25, -0.2) is 0 Å². The molecule has 0 atom stereocenters. The molecule has 0 radical (unpaired) electrons. The third-order valence-electron chi connectivity index (χ3n) is 3.79. The van der Waals surface area contributed by atoms with Gasteiger partial charge in [0.15, 0.2) is 0 Å². The normalized spacial score (nSPS) is 17.7. The minimum atomic E-state index is 0.0284. The Hall–Kier alpha value is -1.84. The molecule has 1 saturated carbocycles. The molecule has 0 aliphatic heterocycles. The second-order valence-electron chi connectivity index (χ2n) is 4.83. The summed E-state index contributed by atoms with van der Waals surface area (Å²) < 4.78 is 2.02. The van der Waals surface area contributed by atoms with Gasteiger partial charge >= 0.3 is 0 Å². The van der Waals surface area contributed by atoms with Crippen LogP contribution in [-0.4, -0.2) is 14.8 Å². The highest BCUT2D eigenvalue weighted by Gasteiger charge is 2.43. The summed E-state index contributed by atoms with van der Waals surface area (Å²) >= 11 is 0. The second kappa shape index (κ2) is 3.58. The van der Waals surface area contributed by atoms with Gasteiger partial charge < -0.3 is 10.3 Å². The van der Waals surface area contributed by atoms with Gasteiger partial charge in [-0.2, -0.15) is 0 Å². The number of hydrogen-bond donors (Lipinski definition) is 1. The average Bonchev–Trinajstić information content (AvgIpc) is 2.64. The minimum Gasteiger partial charge on any atom is -0.399 e. The first-order valence-corrected chi connectivity index (χ1v) is 5.93. The van der Waals surface area contributed by atoms with Crippen LogP contribution in [0, 0.1) is 0 Å². The van der Waals surface area contributed by atoms with E-state index in [1.807, 2.05) is 23.7 Å². The lowest BCUT2D eigenvalue weighted by Gasteiger charge is -2.41. The fourth-order valence-corrected chi connectivity index (χ4v) is 2.72. The summed E-state index contributed by atoms with van der Waals surface area (Å²) in [6.07, 6.45) is 5.26. The Morgan fingerprint density at radius 1 is 1.35 bits per heavy atom. The molecule has 4 heteroatoms. The number of aromatic nitrogens is 3. The van der Waals surface area contributed by atoms with Crippen LogP contribution in [0.3, 0.4) is 0 Å². The van der Waals surface area contributed by atoms with Crippen LogP contribution in [0.15, 0.2) is 30.6 Å². The van der Waals surface area contributed by atoms with Crippen LogP contribution in [0.25, 0.3) is 0 Å². The first-order valence-electron chi connectivity index (χ1n) is 5.93. The molecule has 2 aromatic rings. The maximum absolute atomic E-state index is 5.88. The Morgan fingerprint density at radius 3 is 2.71 bits per heavy atom. The Balaban J connectivity index is 2.12. The molecule has 0 spiro atoms. The molecule has 1 aliphatic carbocycles. The summed E-state index contributed by atoms with van der Waals surface area (Å²) in [7, 11) is 2.00. The lowest BCUT2D eigenvalue weighted by atomic mass is 9.63. The fourth-order valence-electron chi connectivity index (χ4n) is 2.72. The molecule has 1 aromatic heterocycles. The lowest BCUT2D eigenvalue weighted by Crippen LogP contribution is -2.38. The van der Waals surface area contributed by atoms with E-state index >= 15 is 0 Å². The van der Waals surface area contributed by atoms with E-state index in [-0.39, 0.29) is 5.41 Å². The molecule has 0 unspecified atom stereocenters. The van der Waals surface area contributed by atoms with E-state index in [9.17, 15) is 0 Å². The molecular formula is C13H16N4. The third-order valence-corrected chi connectivity index (χ3v) is 3.79. The summed E-state index contributed by atoms with van der Waals surface area (Å²) in [6.45, 7) is 0. The Kier molecular flexibility index (Phi) is 2.18. The van der Waals surface area contributed by atoms with Crippen LogP contribution in [0.2, 0.25) is 0 Å². The van der Waals surface area contributed by atoms with Crippen molar-refractivity contribution in [3.05, 3.63) is 42.0 Å². The van der Waals surface area contributed by atoms with Gasteiger partial charge in [-0.3, -0.25) is 0 Å². The zero-order valence-corrected chi connectivity index (χ0v) is 9.93. The van der Waals surface area contributed by atoms with Crippen molar-refractivity contribution in [3.8, 4) is 0 Å². The van der Waals surface area contributed by atoms with Gasteiger partial charge in [0.25, 0.3) is 0 Å². The van der Waals surface area contributed by atoms with Crippen LogP contribution in [-0.2, 0) is 12.5 Å². The van der Waals surface area contributed by atoms with Crippen LogP contribution < -0.4 is 5.73 Å². The highest BCUT2D eigenvalue weighted by Crippen LogP contribution is 2.48. The van der Waals surface area contributed by atoms with Crippen LogP contribution in [0.4, 0.5) is 5.69 Å². The summed E-state index contributed by atoms with van der Waals surface area (Å²) in [5, 5.41) is 8.29. The van der Waals surface area contributed by atoms with Gasteiger partial charge in [-0.15, -0.1) is 10.2 Å². The number of anilines is 1. The van der Waals surface area contributed by atoms with E-state index in [1.54, 1.807) is 6.33 Å². The van der Waals surface area contributed by atoms with Crippen molar-refractivity contribution in [3.63, 3.8) is 0 Å². The van der Waals surface area contributed by atoms with Crippen LogP contribution in [0.5, 0.6) is 0 Å². The first kappa shape index (κ1) is 10.3. The average molecular weight is 228 g/mol. The Bertz CT molecular complexity index is 540. The van der Waals surface area contributed by atoms with Gasteiger partial charge in [0.1, 0.15) is 12.2 Å². The molecule has 1 heterocycles. The second-order valence-corrected chi connectivity index (χ2v) is 4.83. The molecule has 17 heavy (non-hydrogen) atoms. The summed E-state index contributed by atoms with van der Waals surface area (Å²) in [5.41, 5.74) is 7.99. The van der Waals surface area contributed by atoms with E-state index in [2.05, 4.69) is 22.3 Å². The molecule has 1 fully saturated rings. The Labute approximate surface area is 100 Å².